The smallest absolute Gasteiger partial charge is 0.237 e. The molecule has 0 radical (unpaired) electrons. The number of hydrogen-bond donors (Lipinski definition) is 2. The van der Waals surface area contributed by atoms with Gasteiger partial charge < -0.3 is 16.0 Å². The third-order valence-corrected chi connectivity index (χ3v) is 1.89. The third kappa shape index (κ3) is 2.29. The number of amides is 1. The molecule has 1 heterocycles. The topological polar surface area (TPSA) is 86.9 Å². The molecule has 13 heavy (non-hydrogen) atoms. The number of primary amides is 1. The molecule has 1 atom stereocenters. The number of carbonyl (C=O) groups is 1. The van der Waals surface area contributed by atoms with E-state index in [0.717, 1.165) is 12.1 Å². The minimum absolute atomic E-state index is 0.0816. The standard InChI is InChI=1S/C8H14N4O/c1-2-6(9)7-3-11-5-12(7)4-8(10)13/h3,5-6H,2,4,9H2,1H3,(H2,10,13)/t6-/m1/s1. The fourth-order valence-corrected chi connectivity index (χ4v) is 1.15. The van der Waals surface area contributed by atoms with Crippen LogP contribution in [0, 0.1) is 0 Å². The van der Waals surface area contributed by atoms with E-state index in [1.807, 2.05) is 6.92 Å². The van der Waals surface area contributed by atoms with E-state index in [9.17, 15) is 4.79 Å². The summed E-state index contributed by atoms with van der Waals surface area (Å²) in [5, 5.41) is 0. The first-order chi connectivity index (χ1) is 6.15. The molecule has 0 aliphatic carbocycles. The second-order valence-electron chi connectivity index (χ2n) is 2.93. The lowest BCUT2D eigenvalue weighted by Gasteiger charge is -2.10. The maximum atomic E-state index is 10.7. The van der Waals surface area contributed by atoms with Crippen molar-refractivity contribution in [3.05, 3.63) is 18.2 Å². The molecule has 1 rings (SSSR count). The van der Waals surface area contributed by atoms with E-state index in [1.165, 1.54) is 0 Å². The van der Waals surface area contributed by atoms with Gasteiger partial charge in [-0.1, -0.05) is 6.92 Å². The fourth-order valence-electron chi connectivity index (χ4n) is 1.15. The van der Waals surface area contributed by atoms with Gasteiger partial charge in [-0.3, -0.25) is 4.79 Å². The molecule has 1 aromatic rings. The summed E-state index contributed by atoms with van der Waals surface area (Å²) in [4.78, 5) is 14.6. The molecule has 0 aromatic carbocycles. The molecule has 0 aliphatic rings. The van der Waals surface area contributed by atoms with Crippen LogP contribution in [0.4, 0.5) is 0 Å². The van der Waals surface area contributed by atoms with E-state index in [2.05, 4.69) is 4.98 Å². The number of aromatic nitrogens is 2. The van der Waals surface area contributed by atoms with Crippen LogP contribution >= 0.6 is 0 Å². The van der Waals surface area contributed by atoms with Crippen LogP contribution in [0.25, 0.3) is 0 Å². The first-order valence-electron chi connectivity index (χ1n) is 4.19. The normalized spacial score (nSPS) is 12.8. The molecule has 0 spiro atoms. The first kappa shape index (κ1) is 9.73. The molecule has 1 aromatic heterocycles. The van der Waals surface area contributed by atoms with Gasteiger partial charge in [-0.25, -0.2) is 4.98 Å². The van der Waals surface area contributed by atoms with Crippen molar-refractivity contribution in [3.63, 3.8) is 0 Å². The Kier molecular flexibility index (Phi) is 3.02. The lowest BCUT2D eigenvalue weighted by molar-refractivity contribution is -0.118. The fraction of sp³-hybridized carbons (Fsp3) is 0.500. The van der Waals surface area contributed by atoms with Crippen LogP contribution in [-0.4, -0.2) is 15.5 Å². The molecule has 1 amide bonds. The Balaban J connectivity index is 2.82. The van der Waals surface area contributed by atoms with Crippen LogP contribution < -0.4 is 11.5 Å². The molecule has 0 bridgehead atoms. The van der Waals surface area contributed by atoms with Crippen molar-refractivity contribution >= 4 is 5.91 Å². The molecule has 5 nitrogen and oxygen atoms in total. The highest BCUT2D eigenvalue weighted by Crippen LogP contribution is 2.12. The van der Waals surface area contributed by atoms with E-state index in [4.69, 9.17) is 11.5 Å². The van der Waals surface area contributed by atoms with Crippen molar-refractivity contribution < 1.29 is 4.79 Å². The summed E-state index contributed by atoms with van der Waals surface area (Å²) in [6.07, 6.45) is 4.04. The van der Waals surface area contributed by atoms with E-state index in [1.54, 1.807) is 17.1 Å². The molecular formula is C8H14N4O. The Labute approximate surface area is 76.7 Å². The maximum Gasteiger partial charge on any atom is 0.237 e. The number of carbonyl (C=O) groups excluding carboxylic acids is 1. The summed E-state index contributed by atoms with van der Waals surface area (Å²) < 4.78 is 1.68. The van der Waals surface area contributed by atoms with Crippen molar-refractivity contribution in [2.75, 3.05) is 0 Å². The van der Waals surface area contributed by atoms with E-state index in [0.29, 0.717) is 0 Å². The molecule has 4 N–H and O–H groups in total. The van der Waals surface area contributed by atoms with E-state index in [-0.39, 0.29) is 18.5 Å². The molecule has 5 heteroatoms. The third-order valence-electron chi connectivity index (χ3n) is 1.89. The minimum Gasteiger partial charge on any atom is -0.368 e. The molecule has 72 valence electrons. The lowest BCUT2D eigenvalue weighted by Crippen LogP contribution is -2.22. The summed E-state index contributed by atoms with van der Waals surface area (Å²) >= 11 is 0. The zero-order valence-electron chi connectivity index (χ0n) is 7.60. The van der Waals surface area contributed by atoms with Crippen molar-refractivity contribution in [1.29, 1.82) is 0 Å². The van der Waals surface area contributed by atoms with Crippen molar-refractivity contribution in [2.24, 2.45) is 11.5 Å². The number of nitrogens with two attached hydrogens (primary N) is 2. The van der Waals surface area contributed by atoms with Gasteiger partial charge in [0.1, 0.15) is 6.54 Å². The molecule has 0 aliphatic heterocycles. The molecule has 0 saturated heterocycles. The molecular weight excluding hydrogens is 168 g/mol. The Morgan fingerprint density at radius 2 is 2.46 bits per heavy atom. The first-order valence-corrected chi connectivity index (χ1v) is 4.19. The Morgan fingerprint density at radius 3 is 3.00 bits per heavy atom. The van der Waals surface area contributed by atoms with Crippen molar-refractivity contribution in [2.45, 2.75) is 25.9 Å². The van der Waals surface area contributed by atoms with E-state index < -0.39 is 0 Å². The predicted octanol–water partition coefficient (Wildman–Crippen LogP) is -0.222. The summed E-state index contributed by atoms with van der Waals surface area (Å²) in [7, 11) is 0. The highest BCUT2D eigenvalue weighted by Gasteiger charge is 2.10. The summed E-state index contributed by atoms with van der Waals surface area (Å²) in [5.74, 6) is -0.387. The van der Waals surface area contributed by atoms with Crippen LogP contribution in [0.5, 0.6) is 0 Å². The number of hydrogen-bond acceptors (Lipinski definition) is 3. The van der Waals surface area contributed by atoms with Gasteiger partial charge in [0, 0.05) is 12.2 Å². The van der Waals surface area contributed by atoms with Gasteiger partial charge in [0.15, 0.2) is 0 Å². The number of nitrogens with zero attached hydrogens (tertiary/aromatic N) is 2. The van der Waals surface area contributed by atoms with Crippen LogP contribution in [0.15, 0.2) is 12.5 Å². The Hall–Kier alpha value is -1.36. The van der Waals surface area contributed by atoms with Crippen LogP contribution in [0.3, 0.4) is 0 Å². The monoisotopic (exact) mass is 182 g/mol. The second-order valence-corrected chi connectivity index (χ2v) is 2.93. The number of rotatable bonds is 4. The van der Waals surface area contributed by atoms with Crippen molar-refractivity contribution in [1.82, 2.24) is 9.55 Å². The van der Waals surface area contributed by atoms with Crippen LogP contribution in [-0.2, 0) is 11.3 Å². The van der Waals surface area contributed by atoms with Gasteiger partial charge in [0.2, 0.25) is 5.91 Å². The maximum absolute atomic E-state index is 10.7. The average Bonchev–Trinajstić information content (AvgIpc) is 2.50. The highest BCUT2D eigenvalue weighted by atomic mass is 16.1. The Bertz CT molecular complexity index is 294. The quantitative estimate of drug-likeness (QED) is 0.674. The van der Waals surface area contributed by atoms with Gasteiger partial charge >= 0.3 is 0 Å². The Morgan fingerprint density at radius 1 is 1.77 bits per heavy atom. The summed E-state index contributed by atoms with van der Waals surface area (Å²) in [5.41, 5.74) is 11.7. The zero-order valence-corrected chi connectivity index (χ0v) is 7.60. The SMILES string of the molecule is CC[C@@H](N)c1cncn1CC(N)=O. The largest absolute Gasteiger partial charge is 0.368 e. The van der Waals surface area contributed by atoms with Crippen molar-refractivity contribution in [3.8, 4) is 0 Å². The van der Waals surface area contributed by atoms with Gasteiger partial charge in [-0.2, -0.15) is 0 Å². The van der Waals surface area contributed by atoms with Gasteiger partial charge in [0.25, 0.3) is 0 Å². The molecule has 0 saturated carbocycles. The molecule has 0 fully saturated rings. The van der Waals surface area contributed by atoms with Crippen LogP contribution in [0.2, 0.25) is 0 Å². The predicted molar refractivity (Wildman–Crippen MR) is 48.6 cm³/mol. The highest BCUT2D eigenvalue weighted by molar-refractivity contribution is 5.73. The summed E-state index contributed by atoms with van der Waals surface area (Å²) in [6.45, 7) is 2.12. The number of imidazole rings is 1. The second kappa shape index (κ2) is 4.04. The summed E-state index contributed by atoms with van der Waals surface area (Å²) in [6, 6.07) is -0.0816. The van der Waals surface area contributed by atoms with Gasteiger partial charge in [-0.15, -0.1) is 0 Å². The average molecular weight is 182 g/mol. The van der Waals surface area contributed by atoms with E-state index >= 15 is 0 Å². The zero-order chi connectivity index (χ0) is 9.84. The van der Waals surface area contributed by atoms with Gasteiger partial charge in [0.05, 0.1) is 12.0 Å². The van der Waals surface area contributed by atoms with Gasteiger partial charge in [-0.05, 0) is 6.42 Å². The molecule has 0 unspecified atom stereocenters. The minimum atomic E-state index is -0.387. The lowest BCUT2D eigenvalue weighted by atomic mass is 10.2. The van der Waals surface area contributed by atoms with Crippen LogP contribution in [0.1, 0.15) is 25.1 Å².